The van der Waals surface area contributed by atoms with Gasteiger partial charge in [-0.25, -0.2) is 4.98 Å². The van der Waals surface area contributed by atoms with Crippen LogP contribution >= 0.6 is 11.6 Å². The van der Waals surface area contributed by atoms with E-state index in [2.05, 4.69) is 16.7 Å². The van der Waals surface area contributed by atoms with Gasteiger partial charge in [0, 0.05) is 48.7 Å². The predicted octanol–water partition coefficient (Wildman–Crippen LogP) is 4.97. The minimum absolute atomic E-state index is 0.0308. The zero-order valence-corrected chi connectivity index (χ0v) is 20.1. The summed E-state index contributed by atoms with van der Waals surface area (Å²) in [6, 6.07) is 13.9. The topological polar surface area (TPSA) is 83.3 Å². The van der Waals surface area contributed by atoms with Crippen LogP contribution < -0.4 is 21.0 Å². The van der Waals surface area contributed by atoms with Crippen LogP contribution in [-0.4, -0.2) is 36.1 Å². The van der Waals surface area contributed by atoms with Crippen molar-refractivity contribution in [2.75, 3.05) is 24.3 Å². The molecule has 0 saturated heterocycles. The van der Waals surface area contributed by atoms with Gasteiger partial charge in [0.25, 0.3) is 0 Å². The Labute approximate surface area is 203 Å². The number of nitrogens with zero attached hydrogens (tertiary/aromatic N) is 3. The summed E-state index contributed by atoms with van der Waals surface area (Å²) >= 11 is 6.05. The largest absolute Gasteiger partial charge is 0.464 e. The number of rotatable bonds is 6. The fraction of sp³-hybridized carbons (Fsp3) is 0.346. The Hall–Kier alpha value is -3.16. The number of aromatic nitrogens is 2. The highest BCUT2D eigenvalue weighted by Crippen LogP contribution is 2.26. The van der Waals surface area contributed by atoms with Gasteiger partial charge in [-0.05, 0) is 56.0 Å². The van der Waals surface area contributed by atoms with E-state index in [0.717, 1.165) is 42.4 Å². The van der Waals surface area contributed by atoms with Crippen LogP contribution in [0.3, 0.4) is 0 Å². The molecule has 34 heavy (non-hydrogen) atoms. The molecule has 0 bridgehead atoms. The smallest absolute Gasteiger partial charge is 0.225 e. The van der Waals surface area contributed by atoms with E-state index in [1.54, 1.807) is 24.5 Å². The summed E-state index contributed by atoms with van der Waals surface area (Å²) in [6.45, 7) is 0.480. The van der Waals surface area contributed by atoms with Crippen molar-refractivity contribution in [2.45, 2.75) is 44.3 Å². The molecule has 2 heterocycles. The molecule has 1 aliphatic rings. The number of nitrogens with one attached hydrogen (secondary N) is 2. The average Bonchev–Trinajstić information content (AvgIpc) is 2.84. The number of anilines is 2. The van der Waals surface area contributed by atoms with E-state index >= 15 is 0 Å². The van der Waals surface area contributed by atoms with Gasteiger partial charge in [0.1, 0.15) is 11.4 Å². The van der Waals surface area contributed by atoms with Crippen molar-refractivity contribution in [3.05, 3.63) is 69.5 Å². The fourth-order valence-electron chi connectivity index (χ4n) is 4.61. The Morgan fingerprint density at radius 3 is 2.59 bits per heavy atom. The van der Waals surface area contributed by atoms with E-state index in [-0.39, 0.29) is 5.43 Å². The summed E-state index contributed by atoms with van der Waals surface area (Å²) in [6.07, 6.45) is 5.59. The van der Waals surface area contributed by atoms with Crippen molar-refractivity contribution < 1.29 is 4.42 Å². The molecular weight excluding hydrogens is 450 g/mol. The molecule has 0 aliphatic heterocycles. The van der Waals surface area contributed by atoms with Crippen LogP contribution in [0.5, 0.6) is 0 Å². The third-order valence-electron chi connectivity index (χ3n) is 6.45. The molecule has 8 heteroatoms. The molecule has 7 nitrogen and oxygen atoms in total. The van der Waals surface area contributed by atoms with Crippen molar-refractivity contribution in [2.24, 2.45) is 0 Å². The van der Waals surface area contributed by atoms with Gasteiger partial charge in [-0.1, -0.05) is 23.7 Å². The second-order valence-electron chi connectivity index (χ2n) is 9.09. The summed E-state index contributed by atoms with van der Waals surface area (Å²) in [4.78, 5) is 24.3. The van der Waals surface area contributed by atoms with Crippen LogP contribution in [-0.2, 0) is 6.54 Å². The van der Waals surface area contributed by atoms with E-state index in [1.807, 2.05) is 37.2 Å². The SMILES string of the molecule is CN(C)c1nc(NC2CCC(NCc3coc4ccc(Cl)cc4c3=O)CC2)nc2ccccc12. The van der Waals surface area contributed by atoms with Crippen molar-refractivity contribution in [3.8, 4) is 0 Å². The van der Waals surface area contributed by atoms with Gasteiger partial charge in [0.2, 0.25) is 5.95 Å². The van der Waals surface area contributed by atoms with Gasteiger partial charge < -0.3 is 20.0 Å². The first kappa shape index (κ1) is 22.6. The third-order valence-corrected chi connectivity index (χ3v) is 6.69. The molecule has 0 amide bonds. The zero-order valence-electron chi connectivity index (χ0n) is 19.3. The molecule has 0 unspecified atom stereocenters. The second-order valence-corrected chi connectivity index (χ2v) is 9.52. The molecule has 2 aromatic carbocycles. The lowest BCUT2D eigenvalue weighted by molar-refractivity contribution is 0.351. The standard InChI is InChI=1S/C26H28ClN5O2/c1-32(2)25-20-5-3-4-6-22(20)30-26(31-25)29-19-10-8-18(9-11-19)28-14-16-15-34-23-12-7-17(27)13-21(23)24(16)33/h3-7,12-13,15,18-19,28H,8-11,14H2,1-2H3,(H,29,30,31). The number of hydrogen-bond donors (Lipinski definition) is 2. The van der Waals surface area contributed by atoms with Crippen molar-refractivity contribution in [3.63, 3.8) is 0 Å². The molecule has 2 N–H and O–H groups in total. The normalized spacial score (nSPS) is 18.3. The summed E-state index contributed by atoms with van der Waals surface area (Å²) < 4.78 is 5.63. The highest BCUT2D eigenvalue weighted by atomic mass is 35.5. The Morgan fingerprint density at radius 2 is 1.79 bits per heavy atom. The second kappa shape index (κ2) is 9.60. The summed E-state index contributed by atoms with van der Waals surface area (Å²) in [5.41, 5.74) is 2.08. The Balaban J connectivity index is 1.20. The molecule has 1 aliphatic carbocycles. The molecule has 4 aromatic rings. The lowest BCUT2D eigenvalue weighted by Gasteiger charge is -2.30. The molecule has 176 valence electrons. The zero-order chi connectivity index (χ0) is 23.7. The minimum Gasteiger partial charge on any atom is -0.464 e. The first-order chi connectivity index (χ1) is 16.5. The molecule has 5 rings (SSSR count). The first-order valence-corrected chi connectivity index (χ1v) is 12.0. The third kappa shape index (κ3) is 4.72. The van der Waals surface area contributed by atoms with Gasteiger partial charge in [-0.2, -0.15) is 4.98 Å². The molecule has 0 atom stereocenters. The maximum absolute atomic E-state index is 12.8. The Morgan fingerprint density at radius 1 is 1.03 bits per heavy atom. The maximum atomic E-state index is 12.8. The highest BCUT2D eigenvalue weighted by Gasteiger charge is 2.22. The Bertz CT molecular complexity index is 1380. The van der Waals surface area contributed by atoms with E-state index in [0.29, 0.717) is 46.1 Å². The fourth-order valence-corrected chi connectivity index (χ4v) is 4.78. The van der Waals surface area contributed by atoms with Crippen molar-refractivity contribution >= 4 is 45.2 Å². The summed E-state index contributed by atoms with van der Waals surface area (Å²) in [7, 11) is 4.00. The number of benzene rings is 2. The molecular formula is C26H28ClN5O2. The summed E-state index contributed by atoms with van der Waals surface area (Å²) in [5, 5.41) is 9.17. The van der Waals surface area contributed by atoms with Gasteiger partial charge >= 0.3 is 0 Å². The van der Waals surface area contributed by atoms with Gasteiger partial charge in [-0.15, -0.1) is 0 Å². The number of hydrogen-bond acceptors (Lipinski definition) is 7. The highest BCUT2D eigenvalue weighted by molar-refractivity contribution is 6.31. The van der Waals surface area contributed by atoms with Crippen LogP contribution in [0.25, 0.3) is 21.9 Å². The molecule has 0 spiro atoms. The molecule has 0 radical (unpaired) electrons. The van der Waals surface area contributed by atoms with E-state index < -0.39 is 0 Å². The van der Waals surface area contributed by atoms with Crippen LogP contribution in [0.15, 0.2) is 57.9 Å². The monoisotopic (exact) mass is 477 g/mol. The maximum Gasteiger partial charge on any atom is 0.225 e. The van der Waals surface area contributed by atoms with Crippen LogP contribution in [0.2, 0.25) is 5.02 Å². The van der Waals surface area contributed by atoms with Crippen LogP contribution in [0, 0.1) is 0 Å². The minimum atomic E-state index is -0.0308. The van der Waals surface area contributed by atoms with Gasteiger partial charge in [-0.3, -0.25) is 4.79 Å². The summed E-state index contributed by atoms with van der Waals surface area (Å²) in [5.74, 6) is 1.59. The van der Waals surface area contributed by atoms with E-state index in [1.165, 1.54) is 0 Å². The van der Waals surface area contributed by atoms with Crippen LogP contribution in [0.1, 0.15) is 31.2 Å². The van der Waals surface area contributed by atoms with Gasteiger partial charge in [0.15, 0.2) is 5.43 Å². The van der Waals surface area contributed by atoms with E-state index in [4.69, 9.17) is 26.0 Å². The molecule has 2 aromatic heterocycles. The van der Waals surface area contributed by atoms with Gasteiger partial charge in [0.05, 0.1) is 17.2 Å². The number of para-hydroxylation sites is 1. The number of halogens is 1. The Kier molecular flexibility index (Phi) is 6.39. The quantitative estimate of drug-likeness (QED) is 0.405. The molecule has 1 fully saturated rings. The predicted molar refractivity (Wildman–Crippen MR) is 138 cm³/mol. The lowest BCUT2D eigenvalue weighted by atomic mass is 9.91. The first-order valence-electron chi connectivity index (χ1n) is 11.6. The molecule has 1 saturated carbocycles. The average molecular weight is 478 g/mol. The van der Waals surface area contributed by atoms with E-state index in [9.17, 15) is 4.79 Å². The van der Waals surface area contributed by atoms with Crippen molar-refractivity contribution in [1.29, 1.82) is 0 Å². The lowest BCUT2D eigenvalue weighted by Crippen LogP contribution is -2.37. The number of fused-ring (bicyclic) bond motifs is 2. The van der Waals surface area contributed by atoms with Crippen molar-refractivity contribution in [1.82, 2.24) is 15.3 Å². The van der Waals surface area contributed by atoms with Crippen LogP contribution in [0.4, 0.5) is 11.8 Å².